The van der Waals surface area contributed by atoms with Crippen LogP contribution in [0.2, 0.25) is 0 Å². The third-order valence-corrected chi connectivity index (χ3v) is 5.49. The van der Waals surface area contributed by atoms with E-state index >= 15 is 0 Å². The van der Waals surface area contributed by atoms with E-state index in [9.17, 15) is 8.42 Å². The van der Waals surface area contributed by atoms with Gasteiger partial charge in [0.1, 0.15) is 9.84 Å². The fraction of sp³-hybridized carbons (Fsp3) is 1.00. The number of sulfone groups is 1. The normalized spacial score (nSPS) is 26.1. The van der Waals surface area contributed by atoms with E-state index in [1.165, 1.54) is 19.3 Å². The third kappa shape index (κ3) is 4.42. The van der Waals surface area contributed by atoms with Gasteiger partial charge >= 0.3 is 0 Å². The van der Waals surface area contributed by atoms with E-state index in [0.29, 0.717) is 23.3 Å². The van der Waals surface area contributed by atoms with Gasteiger partial charge in [-0.05, 0) is 44.7 Å². The van der Waals surface area contributed by atoms with Crippen molar-refractivity contribution in [1.29, 1.82) is 0 Å². The summed E-state index contributed by atoms with van der Waals surface area (Å²) in [4.78, 5) is 0. The Bertz CT molecular complexity index is 287. The molecular weight excluding hydrogens is 222 g/mol. The highest BCUT2D eigenvalue weighted by Crippen LogP contribution is 2.33. The standard InChI is InChI=1S/C12H25NO2S/c1-3-8-16(14,15)9-7-11-5-4-6-12(11)10-13-2/h11-13H,3-10H2,1-2H3. The van der Waals surface area contributed by atoms with Gasteiger partial charge in [0.2, 0.25) is 0 Å². The summed E-state index contributed by atoms with van der Waals surface area (Å²) in [6.45, 7) is 2.97. The van der Waals surface area contributed by atoms with Crippen LogP contribution >= 0.6 is 0 Å². The Morgan fingerprint density at radius 3 is 2.50 bits per heavy atom. The Balaban J connectivity index is 2.36. The van der Waals surface area contributed by atoms with Crippen molar-refractivity contribution in [2.75, 3.05) is 25.1 Å². The Hall–Kier alpha value is -0.0900. The quantitative estimate of drug-likeness (QED) is 0.746. The van der Waals surface area contributed by atoms with Gasteiger partial charge in [0.05, 0.1) is 5.75 Å². The maximum atomic E-state index is 11.6. The predicted molar refractivity (Wildman–Crippen MR) is 68.3 cm³/mol. The molecule has 96 valence electrons. The van der Waals surface area contributed by atoms with Gasteiger partial charge in [0, 0.05) is 5.75 Å². The van der Waals surface area contributed by atoms with Crippen LogP contribution in [-0.2, 0) is 9.84 Å². The van der Waals surface area contributed by atoms with E-state index in [1.54, 1.807) is 0 Å². The van der Waals surface area contributed by atoms with Gasteiger partial charge in [0.25, 0.3) is 0 Å². The van der Waals surface area contributed by atoms with Gasteiger partial charge < -0.3 is 5.32 Å². The Morgan fingerprint density at radius 1 is 1.19 bits per heavy atom. The molecular formula is C12H25NO2S. The van der Waals surface area contributed by atoms with Crippen molar-refractivity contribution in [3.05, 3.63) is 0 Å². The SMILES string of the molecule is CCCS(=O)(=O)CCC1CCCC1CNC. The third-order valence-electron chi connectivity index (χ3n) is 3.60. The van der Waals surface area contributed by atoms with Gasteiger partial charge in [-0.3, -0.25) is 0 Å². The van der Waals surface area contributed by atoms with E-state index in [1.807, 2.05) is 14.0 Å². The van der Waals surface area contributed by atoms with E-state index in [4.69, 9.17) is 0 Å². The highest BCUT2D eigenvalue weighted by molar-refractivity contribution is 7.91. The largest absolute Gasteiger partial charge is 0.319 e. The molecule has 0 aromatic heterocycles. The van der Waals surface area contributed by atoms with E-state index in [-0.39, 0.29) is 0 Å². The summed E-state index contributed by atoms with van der Waals surface area (Å²) in [5, 5.41) is 3.21. The average molecular weight is 247 g/mol. The summed E-state index contributed by atoms with van der Waals surface area (Å²) in [6, 6.07) is 0. The first kappa shape index (κ1) is 14.0. The molecule has 1 N–H and O–H groups in total. The summed E-state index contributed by atoms with van der Waals surface area (Å²) in [6.07, 6.45) is 5.36. The molecule has 16 heavy (non-hydrogen) atoms. The van der Waals surface area contributed by atoms with Crippen molar-refractivity contribution < 1.29 is 8.42 Å². The minimum atomic E-state index is -2.78. The number of hydrogen-bond donors (Lipinski definition) is 1. The first-order valence-electron chi connectivity index (χ1n) is 6.44. The molecule has 0 heterocycles. The molecule has 1 saturated carbocycles. The second-order valence-electron chi connectivity index (χ2n) is 4.95. The van der Waals surface area contributed by atoms with Crippen molar-refractivity contribution in [2.45, 2.75) is 39.0 Å². The molecule has 4 heteroatoms. The number of nitrogens with one attached hydrogen (secondary N) is 1. The molecule has 3 nitrogen and oxygen atoms in total. The zero-order chi connectivity index (χ0) is 12.0. The van der Waals surface area contributed by atoms with Crippen LogP contribution in [0.15, 0.2) is 0 Å². The lowest BCUT2D eigenvalue weighted by Crippen LogP contribution is -2.24. The molecule has 2 unspecified atom stereocenters. The Kier molecular flexibility index (Phi) is 5.76. The lowest BCUT2D eigenvalue weighted by Gasteiger charge is -2.18. The number of hydrogen-bond acceptors (Lipinski definition) is 3. The van der Waals surface area contributed by atoms with Crippen LogP contribution in [0.3, 0.4) is 0 Å². The van der Waals surface area contributed by atoms with Crippen molar-refractivity contribution in [2.24, 2.45) is 11.8 Å². The fourth-order valence-corrected chi connectivity index (χ4v) is 4.26. The minimum Gasteiger partial charge on any atom is -0.319 e. The van der Waals surface area contributed by atoms with E-state index < -0.39 is 9.84 Å². The molecule has 0 aromatic carbocycles. The molecule has 0 bridgehead atoms. The first-order valence-corrected chi connectivity index (χ1v) is 8.26. The second-order valence-corrected chi connectivity index (χ2v) is 7.25. The summed E-state index contributed by atoms with van der Waals surface area (Å²) in [7, 11) is -0.802. The average Bonchev–Trinajstić information content (AvgIpc) is 2.63. The highest BCUT2D eigenvalue weighted by Gasteiger charge is 2.27. The monoisotopic (exact) mass is 247 g/mol. The maximum absolute atomic E-state index is 11.6. The van der Waals surface area contributed by atoms with Gasteiger partial charge in [-0.25, -0.2) is 8.42 Å². The van der Waals surface area contributed by atoms with Crippen molar-refractivity contribution in [3.8, 4) is 0 Å². The van der Waals surface area contributed by atoms with Crippen LogP contribution < -0.4 is 5.32 Å². The zero-order valence-corrected chi connectivity index (χ0v) is 11.4. The smallest absolute Gasteiger partial charge is 0.150 e. The van der Waals surface area contributed by atoms with Crippen LogP contribution in [0.5, 0.6) is 0 Å². The van der Waals surface area contributed by atoms with Gasteiger partial charge in [0.15, 0.2) is 0 Å². The predicted octanol–water partition coefficient (Wildman–Crippen LogP) is 1.84. The van der Waals surface area contributed by atoms with E-state index in [0.717, 1.165) is 19.4 Å². The fourth-order valence-electron chi connectivity index (χ4n) is 2.77. The Morgan fingerprint density at radius 2 is 1.88 bits per heavy atom. The number of rotatable bonds is 7. The van der Waals surface area contributed by atoms with Crippen LogP contribution in [0.25, 0.3) is 0 Å². The van der Waals surface area contributed by atoms with Crippen LogP contribution in [-0.4, -0.2) is 33.5 Å². The topological polar surface area (TPSA) is 46.2 Å². The molecule has 0 aliphatic heterocycles. The van der Waals surface area contributed by atoms with Crippen molar-refractivity contribution in [1.82, 2.24) is 5.32 Å². The van der Waals surface area contributed by atoms with Crippen LogP contribution in [0.4, 0.5) is 0 Å². The molecule has 2 atom stereocenters. The molecule has 0 spiro atoms. The zero-order valence-electron chi connectivity index (χ0n) is 10.5. The molecule has 1 rings (SSSR count). The van der Waals surface area contributed by atoms with Gasteiger partial charge in [-0.1, -0.05) is 19.8 Å². The van der Waals surface area contributed by atoms with Crippen LogP contribution in [0.1, 0.15) is 39.0 Å². The summed E-state index contributed by atoms with van der Waals surface area (Å²) in [5.41, 5.74) is 0. The molecule has 0 saturated heterocycles. The van der Waals surface area contributed by atoms with Crippen molar-refractivity contribution in [3.63, 3.8) is 0 Å². The molecule has 0 radical (unpaired) electrons. The van der Waals surface area contributed by atoms with Gasteiger partial charge in [-0.2, -0.15) is 0 Å². The summed E-state index contributed by atoms with van der Waals surface area (Å²) >= 11 is 0. The van der Waals surface area contributed by atoms with Crippen molar-refractivity contribution >= 4 is 9.84 Å². The Labute approximate surface area is 99.9 Å². The highest BCUT2D eigenvalue weighted by atomic mass is 32.2. The first-order chi connectivity index (χ1) is 7.59. The second kappa shape index (κ2) is 6.60. The lowest BCUT2D eigenvalue weighted by molar-refractivity contribution is 0.367. The molecule has 1 aliphatic carbocycles. The molecule has 1 fully saturated rings. The van der Waals surface area contributed by atoms with E-state index in [2.05, 4.69) is 5.32 Å². The van der Waals surface area contributed by atoms with Gasteiger partial charge in [-0.15, -0.1) is 0 Å². The lowest BCUT2D eigenvalue weighted by atomic mass is 9.94. The minimum absolute atomic E-state index is 0.358. The molecule has 0 aromatic rings. The van der Waals surface area contributed by atoms with Crippen LogP contribution in [0, 0.1) is 11.8 Å². The maximum Gasteiger partial charge on any atom is 0.150 e. The summed E-state index contributed by atoms with van der Waals surface area (Å²) < 4.78 is 23.3. The molecule has 1 aliphatic rings. The summed E-state index contributed by atoms with van der Waals surface area (Å²) in [5.74, 6) is 2.07. The molecule has 0 amide bonds.